The number of aromatic nitrogens is 5. The first-order chi connectivity index (χ1) is 16.9. The van der Waals surface area contributed by atoms with Gasteiger partial charge in [-0.05, 0) is 42.8 Å². The Morgan fingerprint density at radius 1 is 1.14 bits per heavy atom. The first-order valence-corrected chi connectivity index (χ1v) is 11.3. The fraction of sp³-hybridized carbons (Fsp3) is 0.154. The van der Waals surface area contributed by atoms with E-state index in [1.165, 1.54) is 23.0 Å². The average molecular weight is 490 g/mol. The predicted molar refractivity (Wildman–Crippen MR) is 132 cm³/mol. The van der Waals surface area contributed by atoms with Crippen molar-refractivity contribution in [3.63, 3.8) is 0 Å². The van der Waals surface area contributed by atoms with Crippen LogP contribution in [0.1, 0.15) is 16.8 Å². The minimum atomic E-state index is -0.818. The third-order valence-electron chi connectivity index (χ3n) is 5.81. The molecular weight excluding hydrogens is 469 g/mol. The van der Waals surface area contributed by atoms with Gasteiger partial charge in [-0.15, -0.1) is 0 Å². The summed E-state index contributed by atoms with van der Waals surface area (Å²) < 4.78 is 23.1. The molecule has 0 fully saturated rings. The molecule has 35 heavy (non-hydrogen) atoms. The van der Waals surface area contributed by atoms with Gasteiger partial charge in [-0.3, -0.25) is 14.5 Å². The zero-order valence-electron chi connectivity index (χ0n) is 19.1. The summed E-state index contributed by atoms with van der Waals surface area (Å²) in [5.41, 5.74) is 4.15. The quantitative estimate of drug-likeness (QED) is 0.338. The molecule has 4 heterocycles. The zero-order valence-corrected chi connectivity index (χ0v) is 19.8. The van der Waals surface area contributed by atoms with E-state index < -0.39 is 11.4 Å². The van der Waals surface area contributed by atoms with Crippen molar-refractivity contribution in [1.82, 2.24) is 24.3 Å². The molecular formula is C26H21ClFN5O2. The number of hydrogen-bond donors (Lipinski definition) is 0. The normalized spacial score (nSPS) is 11.2. The van der Waals surface area contributed by atoms with E-state index in [0.29, 0.717) is 21.9 Å². The third-order valence-corrected chi connectivity index (χ3v) is 6.13. The first kappa shape index (κ1) is 22.7. The first-order valence-electron chi connectivity index (χ1n) is 10.9. The minimum Gasteiger partial charge on any atom is -0.487 e. The van der Waals surface area contributed by atoms with Gasteiger partial charge in [0.1, 0.15) is 17.9 Å². The van der Waals surface area contributed by atoms with E-state index in [9.17, 15) is 9.18 Å². The lowest BCUT2D eigenvalue weighted by molar-refractivity contribution is 0.307. The number of hydrogen-bond acceptors (Lipinski definition) is 5. The number of ether oxygens (including phenoxy) is 1. The van der Waals surface area contributed by atoms with Gasteiger partial charge in [0, 0.05) is 54.0 Å². The summed E-state index contributed by atoms with van der Waals surface area (Å²) in [6.45, 7) is 2.17. The number of aryl methyl sites for hydroxylation is 2. The molecule has 0 aliphatic carbocycles. The molecule has 0 unspecified atom stereocenters. The molecule has 0 saturated carbocycles. The molecule has 0 amide bonds. The summed E-state index contributed by atoms with van der Waals surface area (Å²) in [6, 6.07) is 12.4. The largest absolute Gasteiger partial charge is 0.487 e. The predicted octanol–water partition coefficient (Wildman–Crippen LogP) is 4.92. The highest BCUT2D eigenvalue weighted by molar-refractivity contribution is 6.31. The van der Waals surface area contributed by atoms with Crippen LogP contribution in [0.3, 0.4) is 0 Å². The Morgan fingerprint density at radius 3 is 2.80 bits per heavy atom. The molecule has 9 heteroatoms. The fourth-order valence-corrected chi connectivity index (χ4v) is 4.31. The van der Waals surface area contributed by atoms with Crippen LogP contribution in [0, 0.1) is 12.7 Å². The van der Waals surface area contributed by atoms with Crippen LogP contribution < -0.4 is 10.3 Å². The molecule has 0 spiro atoms. The Bertz CT molecular complexity index is 1610. The number of nitrogens with zero attached hydrogens (tertiary/aromatic N) is 5. The Kier molecular flexibility index (Phi) is 6.05. The summed E-state index contributed by atoms with van der Waals surface area (Å²) in [6.07, 6.45) is 6.40. The van der Waals surface area contributed by atoms with E-state index in [1.54, 1.807) is 12.4 Å². The standard InChI is InChI=1S/C26H21ClFN5O2/c1-16-11-19(23-8-9-30-32(23)2)18-5-3-7-24(25(18)31-16)35-15-20-17(12-29-13-21(20)27)14-33-10-4-6-22(28)26(33)34/h3-13H,14-15H2,1-2H3. The Labute approximate surface area is 205 Å². The van der Waals surface area contributed by atoms with Crippen LogP contribution in [-0.4, -0.2) is 24.3 Å². The van der Waals surface area contributed by atoms with E-state index in [4.69, 9.17) is 21.3 Å². The molecule has 5 aromatic rings. The molecule has 0 atom stereocenters. The van der Waals surface area contributed by atoms with Gasteiger partial charge in [-0.2, -0.15) is 5.10 Å². The molecule has 0 N–H and O–H groups in total. The van der Waals surface area contributed by atoms with Crippen LogP contribution >= 0.6 is 11.6 Å². The molecule has 5 rings (SSSR count). The smallest absolute Gasteiger partial charge is 0.286 e. The van der Waals surface area contributed by atoms with Gasteiger partial charge in [-0.1, -0.05) is 23.7 Å². The molecule has 0 aliphatic rings. The average Bonchev–Trinajstić information content (AvgIpc) is 3.27. The van der Waals surface area contributed by atoms with Crippen molar-refractivity contribution in [2.45, 2.75) is 20.1 Å². The van der Waals surface area contributed by atoms with Crippen molar-refractivity contribution in [2.75, 3.05) is 0 Å². The summed E-state index contributed by atoms with van der Waals surface area (Å²) in [4.78, 5) is 21.0. The maximum Gasteiger partial charge on any atom is 0.286 e. The number of fused-ring (bicyclic) bond motifs is 1. The number of halogens is 2. The van der Waals surface area contributed by atoms with Crippen molar-refractivity contribution < 1.29 is 9.13 Å². The molecule has 0 saturated heterocycles. The van der Waals surface area contributed by atoms with E-state index >= 15 is 0 Å². The third kappa shape index (κ3) is 4.40. The molecule has 7 nitrogen and oxygen atoms in total. The van der Waals surface area contributed by atoms with Crippen molar-refractivity contribution in [1.29, 1.82) is 0 Å². The Balaban J connectivity index is 1.51. The number of rotatable bonds is 6. The molecule has 0 radical (unpaired) electrons. The van der Waals surface area contributed by atoms with Gasteiger partial charge in [0.2, 0.25) is 0 Å². The topological polar surface area (TPSA) is 74.8 Å². The molecule has 0 aliphatic heterocycles. The second-order valence-corrected chi connectivity index (χ2v) is 8.55. The summed E-state index contributed by atoms with van der Waals surface area (Å²) in [5.74, 6) is -0.224. The molecule has 176 valence electrons. The summed E-state index contributed by atoms with van der Waals surface area (Å²) in [5, 5.41) is 5.62. The van der Waals surface area contributed by atoms with Gasteiger partial charge < -0.3 is 9.30 Å². The van der Waals surface area contributed by atoms with Crippen molar-refractivity contribution in [3.05, 3.63) is 105 Å². The summed E-state index contributed by atoms with van der Waals surface area (Å²) >= 11 is 6.46. The van der Waals surface area contributed by atoms with Crippen LogP contribution in [0.4, 0.5) is 4.39 Å². The van der Waals surface area contributed by atoms with Crippen LogP contribution in [0.15, 0.2) is 72.0 Å². The van der Waals surface area contributed by atoms with Crippen LogP contribution in [0.25, 0.3) is 22.2 Å². The summed E-state index contributed by atoms with van der Waals surface area (Å²) in [7, 11) is 1.90. The second-order valence-electron chi connectivity index (χ2n) is 8.14. The van der Waals surface area contributed by atoms with Crippen molar-refractivity contribution in [2.24, 2.45) is 7.05 Å². The van der Waals surface area contributed by atoms with E-state index in [0.717, 1.165) is 33.9 Å². The lowest BCUT2D eigenvalue weighted by Gasteiger charge is -2.15. The maximum atomic E-state index is 13.8. The van der Waals surface area contributed by atoms with Crippen LogP contribution in [0.5, 0.6) is 5.75 Å². The maximum absolute atomic E-state index is 13.8. The van der Waals surface area contributed by atoms with E-state index in [1.807, 2.05) is 49.0 Å². The molecule has 1 aromatic carbocycles. The highest BCUT2D eigenvalue weighted by Gasteiger charge is 2.15. The number of benzene rings is 1. The van der Waals surface area contributed by atoms with Crippen LogP contribution in [0.2, 0.25) is 5.02 Å². The van der Waals surface area contributed by atoms with Crippen molar-refractivity contribution in [3.8, 4) is 17.0 Å². The molecule has 0 bridgehead atoms. The lowest BCUT2D eigenvalue weighted by atomic mass is 10.0. The SMILES string of the molecule is Cc1cc(-c2ccnn2C)c2cccc(OCc3c(Cl)cncc3Cn3cccc(F)c3=O)c2n1. The lowest BCUT2D eigenvalue weighted by Crippen LogP contribution is -2.23. The van der Waals surface area contributed by atoms with Gasteiger partial charge in [0.05, 0.1) is 17.3 Å². The van der Waals surface area contributed by atoms with Gasteiger partial charge in [0.25, 0.3) is 5.56 Å². The zero-order chi connectivity index (χ0) is 24.5. The van der Waals surface area contributed by atoms with Crippen LogP contribution in [-0.2, 0) is 20.2 Å². The van der Waals surface area contributed by atoms with Gasteiger partial charge in [0.15, 0.2) is 5.82 Å². The van der Waals surface area contributed by atoms with Crippen molar-refractivity contribution >= 4 is 22.5 Å². The molecule has 4 aromatic heterocycles. The Hall–Kier alpha value is -4.04. The van der Waals surface area contributed by atoms with Gasteiger partial charge >= 0.3 is 0 Å². The number of para-hydroxylation sites is 1. The van der Waals surface area contributed by atoms with E-state index in [2.05, 4.69) is 10.1 Å². The highest BCUT2D eigenvalue weighted by Crippen LogP contribution is 2.33. The van der Waals surface area contributed by atoms with Gasteiger partial charge in [-0.25, -0.2) is 9.37 Å². The minimum absolute atomic E-state index is 0.111. The highest BCUT2D eigenvalue weighted by atomic mass is 35.5. The van der Waals surface area contributed by atoms with E-state index in [-0.39, 0.29) is 13.2 Å². The monoisotopic (exact) mass is 489 g/mol. The number of pyridine rings is 3. The fourth-order valence-electron chi connectivity index (χ4n) is 4.08. The second kappa shape index (κ2) is 9.31. The Morgan fingerprint density at radius 2 is 2.00 bits per heavy atom.